The van der Waals surface area contributed by atoms with Crippen LogP contribution in [-0.4, -0.2) is 0 Å². The minimum Gasteiger partial charge on any atom is -0.0620 e. The molecular formula is C25H20. The Kier molecular flexibility index (Phi) is 3.41. The van der Waals surface area contributed by atoms with E-state index in [0.717, 1.165) is 19.3 Å². The van der Waals surface area contributed by atoms with Crippen molar-refractivity contribution in [1.29, 1.82) is 0 Å². The minimum atomic E-state index is 1.01. The number of benzene rings is 4. The number of fused-ring (bicyclic) bond motifs is 3. The van der Waals surface area contributed by atoms with Crippen LogP contribution in [0.4, 0.5) is 0 Å². The highest BCUT2D eigenvalue weighted by Gasteiger charge is 2.17. The Hall–Kier alpha value is -2.86. The van der Waals surface area contributed by atoms with Crippen molar-refractivity contribution in [2.24, 2.45) is 0 Å². The first-order valence-electron chi connectivity index (χ1n) is 9.01. The van der Waals surface area contributed by atoms with Gasteiger partial charge in [-0.05, 0) is 63.4 Å². The summed E-state index contributed by atoms with van der Waals surface area (Å²) in [5, 5.41) is 2.70. The first-order valence-corrected chi connectivity index (χ1v) is 9.01. The van der Waals surface area contributed by atoms with Crippen molar-refractivity contribution in [1.82, 2.24) is 0 Å². The zero-order valence-electron chi connectivity index (χ0n) is 14.2. The van der Waals surface area contributed by atoms with E-state index in [-0.39, 0.29) is 0 Å². The Morgan fingerprint density at radius 1 is 0.520 bits per heavy atom. The van der Waals surface area contributed by atoms with Crippen molar-refractivity contribution >= 4 is 10.8 Å². The maximum absolute atomic E-state index is 2.31. The molecule has 0 radical (unpaired) electrons. The average Bonchev–Trinajstić information content (AvgIpc) is 2.67. The molecule has 0 unspecified atom stereocenters. The van der Waals surface area contributed by atoms with Crippen molar-refractivity contribution in [2.75, 3.05) is 0 Å². The van der Waals surface area contributed by atoms with Gasteiger partial charge in [-0.2, -0.15) is 0 Å². The molecule has 25 heavy (non-hydrogen) atoms. The summed E-state index contributed by atoms with van der Waals surface area (Å²) in [4.78, 5) is 0. The van der Waals surface area contributed by atoms with Gasteiger partial charge in [-0.3, -0.25) is 0 Å². The van der Waals surface area contributed by atoms with E-state index in [1.165, 1.54) is 44.2 Å². The monoisotopic (exact) mass is 320 g/mol. The Bertz CT molecular complexity index is 1070. The molecule has 4 aromatic rings. The highest BCUT2D eigenvalue weighted by Crippen LogP contribution is 2.31. The standard InChI is InChI=1S/C25H20/c1-2-9-20-17-25-22(15-19(20)8-1)12-6-13-23(25)16-21-11-5-10-18-7-3-4-14-24(18)21/h1-14H,15-17H2. The van der Waals surface area contributed by atoms with Gasteiger partial charge in [0.1, 0.15) is 0 Å². The first kappa shape index (κ1) is 14.5. The van der Waals surface area contributed by atoms with Crippen LogP contribution in [0, 0.1) is 0 Å². The summed E-state index contributed by atoms with van der Waals surface area (Å²) in [6.45, 7) is 0. The summed E-state index contributed by atoms with van der Waals surface area (Å²) >= 11 is 0. The van der Waals surface area contributed by atoms with Crippen molar-refractivity contribution in [3.8, 4) is 0 Å². The van der Waals surface area contributed by atoms with Crippen LogP contribution in [0.1, 0.15) is 33.4 Å². The Labute approximate surface area is 148 Å². The Morgan fingerprint density at radius 2 is 1.16 bits per heavy atom. The predicted molar refractivity (Wildman–Crippen MR) is 105 cm³/mol. The quantitative estimate of drug-likeness (QED) is 0.378. The molecule has 0 N–H and O–H groups in total. The Morgan fingerprint density at radius 3 is 2.08 bits per heavy atom. The lowest BCUT2D eigenvalue weighted by Crippen LogP contribution is -2.10. The zero-order chi connectivity index (χ0) is 16.6. The van der Waals surface area contributed by atoms with Crippen LogP contribution >= 0.6 is 0 Å². The number of hydrogen-bond donors (Lipinski definition) is 0. The van der Waals surface area contributed by atoms with Gasteiger partial charge in [0.05, 0.1) is 0 Å². The molecule has 0 bridgehead atoms. The number of rotatable bonds is 2. The maximum Gasteiger partial charge on any atom is -0.00167 e. The van der Waals surface area contributed by atoms with Gasteiger partial charge >= 0.3 is 0 Å². The normalized spacial score (nSPS) is 12.6. The second kappa shape index (κ2) is 5.89. The molecule has 0 aliphatic heterocycles. The summed E-state index contributed by atoms with van der Waals surface area (Å²) < 4.78 is 0. The molecule has 0 aromatic heterocycles. The Balaban J connectivity index is 1.58. The van der Waals surface area contributed by atoms with Crippen LogP contribution in [0.5, 0.6) is 0 Å². The average molecular weight is 320 g/mol. The summed E-state index contributed by atoms with van der Waals surface area (Å²) in [7, 11) is 0. The van der Waals surface area contributed by atoms with E-state index < -0.39 is 0 Å². The highest BCUT2D eigenvalue weighted by atomic mass is 14.2. The molecule has 0 saturated heterocycles. The van der Waals surface area contributed by atoms with E-state index in [1.807, 2.05) is 0 Å². The summed E-state index contributed by atoms with van der Waals surface area (Å²) in [6, 6.07) is 31.1. The number of hydrogen-bond acceptors (Lipinski definition) is 0. The smallest absolute Gasteiger partial charge is 0.00167 e. The minimum absolute atomic E-state index is 1.01. The van der Waals surface area contributed by atoms with Crippen LogP contribution < -0.4 is 0 Å². The summed E-state index contributed by atoms with van der Waals surface area (Å²) in [6.07, 6.45) is 3.13. The van der Waals surface area contributed by atoms with Gasteiger partial charge in [0.25, 0.3) is 0 Å². The van der Waals surface area contributed by atoms with Gasteiger partial charge in [-0.25, -0.2) is 0 Å². The molecule has 0 atom stereocenters. The SMILES string of the molecule is c1ccc2c(c1)Cc1cccc(Cc3cccc4ccccc34)c1C2. The van der Waals surface area contributed by atoms with E-state index >= 15 is 0 Å². The van der Waals surface area contributed by atoms with Crippen molar-refractivity contribution in [2.45, 2.75) is 19.3 Å². The lowest BCUT2D eigenvalue weighted by atomic mass is 9.82. The fourth-order valence-electron chi connectivity index (χ4n) is 4.20. The maximum atomic E-state index is 2.31. The molecule has 1 aliphatic rings. The molecule has 0 spiro atoms. The molecule has 120 valence electrons. The van der Waals surface area contributed by atoms with Crippen LogP contribution in [0.2, 0.25) is 0 Å². The molecule has 0 heteroatoms. The van der Waals surface area contributed by atoms with Gasteiger partial charge < -0.3 is 0 Å². The van der Waals surface area contributed by atoms with Gasteiger partial charge in [0.15, 0.2) is 0 Å². The second-order valence-corrected chi connectivity index (χ2v) is 6.99. The molecule has 0 nitrogen and oxygen atoms in total. The van der Waals surface area contributed by atoms with Crippen LogP contribution in [0.15, 0.2) is 84.9 Å². The van der Waals surface area contributed by atoms with E-state index in [1.54, 1.807) is 0 Å². The zero-order valence-corrected chi connectivity index (χ0v) is 14.2. The summed E-state index contributed by atoms with van der Waals surface area (Å²) in [5.74, 6) is 0. The molecule has 0 fully saturated rings. The molecular weight excluding hydrogens is 300 g/mol. The van der Waals surface area contributed by atoms with E-state index in [4.69, 9.17) is 0 Å². The molecule has 4 aromatic carbocycles. The lowest BCUT2D eigenvalue weighted by molar-refractivity contribution is 0.970. The molecule has 5 rings (SSSR count). The lowest BCUT2D eigenvalue weighted by Gasteiger charge is -2.22. The molecule has 0 heterocycles. The molecule has 0 saturated carbocycles. The highest BCUT2D eigenvalue weighted by molar-refractivity contribution is 5.86. The van der Waals surface area contributed by atoms with Crippen LogP contribution in [-0.2, 0) is 19.3 Å². The van der Waals surface area contributed by atoms with E-state index in [9.17, 15) is 0 Å². The fraction of sp³-hybridized carbons (Fsp3) is 0.120. The molecule has 1 aliphatic carbocycles. The second-order valence-electron chi connectivity index (χ2n) is 6.99. The summed E-state index contributed by atoms with van der Waals surface area (Å²) in [5.41, 5.74) is 8.90. The molecule has 0 amide bonds. The third-order valence-corrected chi connectivity index (χ3v) is 5.50. The predicted octanol–water partition coefficient (Wildman–Crippen LogP) is 5.93. The van der Waals surface area contributed by atoms with Gasteiger partial charge in [0.2, 0.25) is 0 Å². The van der Waals surface area contributed by atoms with E-state index in [0.29, 0.717) is 0 Å². The largest absolute Gasteiger partial charge is 0.0620 e. The van der Waals surface area contributed by atoms with Gasteiger partial charge in [-0.1, -0.05) is 84.9 Å². The fourth-order valence-corrected chi connectivity index (χ4v) is 4.20. The van der Waals surface area contributed by atoms with Gasteiger partial charge in [-0.15, -0.1) is 0 Å². The van der Waals surface area contributed by atoms with Crippen molar-refractivity contribution < 1.29 is 0 Å². The first-order chi connectivity index (χ1) is 12.4. The van der Waals surface area contributed by atoms with Crippen LogP contribution in [0.3, 0.4) is 0 Å². The topological polar surface area (TPSA) is 0 Å². The third kappa shape index (κ3) is 2.55. The van der Waals surface area contributed by atoms with Crippen LogP contribution in [0.25, 0.3) is 10.8 Å². The van der Waals surface area contributed by atoms with Gasteiger partial charge in [0, 0.05) is 0 Å². The van der Waals surface area contributed by atoms with Crippen molar-refractivity contribution in [3.63, 3.8) is 0 Å². The van der Waals surface area contributed by atoms with Crippen molar-refractivity contribution in [3.05, 3.63) is 118 Å². The third-order valence-electron chi connectivity index (χ3n) is 5.50. The van der Waals surface area contributed by atoms with E-state index in [2.05, 4.69) is 84.9 Å².